The van der Waals surface area contributed by atoms with Crippen LogP contribution in [0.2, 0.25) is 0 Å². The maximum Gasteiger partial charge on any atom is 0.222 e. The molecule has 0 aliphatic heterocycles. The monoisotopic (exact) mass is 284 g/mol. The van der Waals surface area contributed by atoms with Gasteiger partial charge in [0.2, 0.25) is 5.91 Å². The minimum Gasteiger partial charge on any atom is -0.339 e. The van der Waals surface area contributed by atoms with E-state index in [0.717, 1.165) is 18.6 Å². The lowest BCUT2D eigenvalue weighted by atomic mass is 10.0. The van der Waals surface area contributed by atoms with Crippen LogP contribution in [0.1, 0.15) is 38.3 Å². The first kappa shape index (κ1) is 16.6. The summed E-state index contributed by atoms with van der Waals surface area (Å²) in [6.07, 6.45) is 1.13. The number of hydrogen-bond donors (Lipinski definition) is 1. The molecule has 20 heavy (non-hydrogen) atoms. The number of halogens is 2. The smallest absolute Gasteiger partial charge is 0.222 e. The van der Waals surface area contributed by atoms with Gasteiger partial charge in [0.25, 0.3) is 0 Å². The summed E-state index contributed by atoms with van der Waals surface area (Å²) >= 11 is 0. The van der Waals surface area contributed by atoms with E-state index in [2.05, 4.69) is 0 Å². The highest BCUT2D eigenvalue weighted by Gasteiger charge is 2.18. The van der Waals surface area contributed by atoms with Gasteiger partial charge in [-0.3, -0.25) is 4.79 Å². The van der Waals surface area contributed by atoms with Gasteiger partial charge in [0.15, 0.2) is 11.6 Å². The van der Waals surface area contributed by atoms with Gasteiger partial charge in [0, 0.05) is 13.5 Å². The fourth-order valence-electron chi connectivity index (χ4n) is 1.88. The van der Waals surface area contributed by atoms with E-state index in [1.54, 1.807) is 18.9 Å². The van der Waals surface area contributed by atoms with Crippen molar-refractivity contribution in [3.8, 4) is 0 Å². The Hall–Kier alpha value is -1.49. The highest BCUT2D eigenvalue weighted by atomic mass is 19.2. The molecule has 2 N–H and O–H groups in total. The number of nitrogens with zero attached hydrogens (tertiary/aromatic N) is 1. The van der Waals surface area contributed by atoms with Crippen LogP contribution in [-0.4, -0.2) is 24.4 Å². The third-order valence-electron chi connectivity index (χ3n) is 3.65. The average Bonchev–Trinajstić information content (AvgIpc) is 2.45. The molecule has 0 radical (unpaired) electrons. The van der Waals surface area contributed by atoms with Crippen molar-refractivity contribution in [2.24, 2.45) is 11.7 Å². The fourth-order valence-corrected chi connectivity index (χ4v) is 1.88. The van der Waals surface area contributed by atoms with Gasteiger partial charge in [0.05, 0.1) is 6.04 Å². The molecule has 0 saturated heterocycles. The van der Waals surface area contributed by atoms with Crippen LogP contribution >= 0.6 is 0 Å². The second-order valence-electron chi connectivity index (χ2n) is 5.23. The highest BCUT2D eigenvalue weighted by molar-refractivity contribution is 5.76. The summed E-state index contributed by atoms with van der Waals surface area (Å²) in [4.78, 5) is 13.6. The molecule has 2 atom stereocenters. The lowest BCUT2D eigenvalue weighted by Gasteiger charge is -2.26. The predicted molar refractivity (Wildman–Crippen MR) is 75.0 cm³/mol. The van der Waals surface area contributed by atoms with E-state index in [4.69, 9.17) is 5.73 Å². The maximum absolute atomic E-state index is 13.2. The van der Waals surface area contributed by atoms with Gasteiger partial charge in [0.1, 0.15) is 0 Å². The first-order chi connectivity index (χ1) is 9.36. The normalized spacial score (nSPS) is 13.9. The van der Waals surface area contributed by atoms with Gasteiger partial charge >= 0.3 is 0 Å². The van der Waals surface area contributed by atoms with Crippen molar-refractivity contribution in [3.63, 3.8) is 0 Å². The highest BCUT2D eigenvalue weighted by Crippen LogP contribution is 2.22. The Labute approximate surface area is 118 Å². The Kier molecular flexibility index (Phi) is 6.07. The molecule has 1 aromatic rings. The molecule has 1 aromatic carbocycles. The molecule has 3 nitrogen and oxygen atoms in total. The zero-order valence-corrected chi connectivity index (χ0v) is 12.2. The fraction of sp³-hybridized carbons (Fsp3) is 0.533. The largest absolute Gasteiger partial charge is 0.339 e. The Morgan fingerprint density at radius 2 is 1.95 bits per heavy atom. The van der Waals surface area contributed by atoms with Gasteiger partial charge in [-0.15, -0.1) is 0 Å². The zero-order valence-electron chi connectivity index (χ0n) is 12.2. The van der Waals surface area contributed by atoms with Crippen molar-refractivity contribution < 1.29 is 13.6 Å². The molecule has 0 saturated carbocycles. The number of benzene rings is 1. The van der Waals surface area contributed by atoms with Crippen LogP contribution in [0, 0.1) is 17.6 Å². The summed E-state index contributed by atoms with van der Waals surface area (Å²) in [6, 6.07) is 3.41. The molecule has 112 valence electrons. The van der Waals surface area contributed by atoms with Gasteiger partial charge in [-0.05, 0) is 43.5 Å². The molecule has 0 spiro atoms. The Morgan fingerprint density at radius 3 is 2.50 bits per heavy atom. The summed E-state index contributed by atoms with van der Waals surface area (Å²) < 4.78 is 26.1. The summed E-state index contributed by atoms with van der Waals surface area (Å²) in [5, 5.41) is 0. The number of carbonyl (C=O) groups is 1. The van der Waals surface area contributed by atoms with E-state index in [1.807, 2.05) is 6.92 Å². The van der Waals surface area contributed by atoms with Crippen molar-refractivity contribution >= 4 is 5.91 Å². The molecule has 1 rings (SSSR count). The summed E-state index contributed by atoms with van der Waals surface area (Å²) in [5.74, 6) is -1.51. The van der Waals surface area contributed by atoms with E-state index < -0.39 is 11.6 Å². The molecule has 0 aromatic heterocycles. The van der Waals surface area contributed by atoms with E-state index in [0.29, 0.717) is 24.4 Å². The molecular formula is C15H22F2N2O. The number of amides is 1. The van der Waals surface area contributed by atoms with E-state index in [9.17, 15) is 13.6 Å². The SMILES string of the molecule is CC(CN)CCC(=O)N(C)C(C)c1ccc(F)c(F)c1. The number of carbonyl (C=O) groups excluding carboxylic acids is 1. The van der Waals surface area contributed by atoms with Crippen LogP contribution in [0.5, 0.6) is 0 Å². The molecule has 0 fully saturated rings. The van der Waals surface area contributed by atoms with Crippen LogP contribution in [0.15, 0.2) is 18.2 Å². The number of hydrogen-bond acceptors (Lipinski definition) is 2. The van der Waals surface area contributed by atoms with Crippen molar-refractivity contribution in [2.75, 3.05) is 13.6 Å². The summed E-state index contributed by atoms with van der Waals surface area (Å²) in [5.41, 5.74) is 6.09. The molecule has 1 amide bonds. The van der Waals surface area contributed by atoms with Crippen molar-refractivity contribution in [1.29, 1.82) is 0 Å². The average molecular weight is 284 g/mol. The maximum atomic E-state index is 13.2. The van der Waals surface area contributed by atoms with Gasteiger partial charge in [-0.1, -0.05) is 13.0 Å². The lowest BCUT2D eigenvalue weighted by molar-refractivity contribution is -0.132. The second-order valence-corrected chi connectivity index (χ2v) is 5.23. The molecule has 0 aliphatic carbocycles. The first-order valence-electron chi connectivity index (χ1n) is 6.77. The van der Waals surface area contributed by atoms with Crippen molar-refractivity contribution in [2.45, 2.75) is 32.7 Å². The van der Waals surface area contributed by atoms with Gasteiger partial charge < -0.3 is 10.6 Å². The van der Waals surface area contributed by atoms with E-state index in [1.165, 1.54) is 6.07 Å². The zero-order chi connectivity index (χ0) is 15.3. The van der Waals surface area contributed by atoms with Crippen LogP contribution < -0.4 is 5.73 Å². The van der Waals surface area contributed by atoms with Crippen LogP contribution in [0.3, 0.4) is 0 Å². The second kappa shape index (κ2) is 7.33. The molecule has 0 aliphatic rings. The minimum absolute atomic E-state index is 0.0254. The molecule has 5 heteroatoms. The van der Waals surface area contributed by atoms with Crippen molar-refractivity contribution in [3.05, 3.63) is 35.4 Å². The van der Waals surface area contributed by atoms with Crippen LogP contribution in [0.25, 0.3) is 0 Å². The summed E-state index contributed by atoms with van der Waals surface area (Å²) in [7, 11) is 1.67. The Balaban J connectivity index is 2.67. The number of nitrogens with two attached hydrogens (primary N) is 1. The quantitative estimate of drug-likeness (QED) is 0.873. The van der Waals surface area contributed by atoms with Crippen molar-refractivity contribution in [1.82, 2.24) is 4.90 Å². The minimum atomic E-state index is -0.896. The van der Waals surface area contributed by atoms with E-state index in [-0.39, 0.29) is 11.9 Å². The third-order valence-corrected chi connectivity index (χ3v) is 3.65. The Bertz CT molecular complexity index is 465. The number of rotatable bonds is 6. The predicted octanol–water partition coefficient (Wildman–Crippen LogP) is 2.86. The molecular weight excluding hydrogens is 262 g/mol. The topological polar surface area (TPSA) is 46.3 Å². The van der Waals surface area contributed by atoms with Crippen LogP contribution in [0.4, 0.5) is 8.78 Å². The standard InChI is InChI=1S/C15H22F2N2O/c1-10(9-18)4-7-15(20)19(3)11(2)12-5-6-13(16)14(17)8-12/h5-6,8,10-11H,4,7,9,18H2,1-3H3. The van der Waals surface area contributed by atoms with Gasteiger partial charge in [-0.25, -0.2) is 8.78 Å². The molecule has 0 bridgehead atoms. The molecule has 0 heterocycles. The summed E-state index contributed by atoms with van der Waals surface area (Å²) in [6.45, 7) is 4.33. The van der Waals surface area contributed by atoms with Gasteiger partial charge in [-0.2, -0.15) is 0 Å². The Morgan fingerprint density at radius 1 is 1.30 bits per heavy atom. The van der Waals surface area contributed by atoms with E-state index >= 15 is 0 Å². The van der Waals surface area contributed by atoms with Crippen LogP contribution in [-0.2, 0) is 4.79 Å². The lowest BCUT2D eigenvalue weighted by Crippen LogP contribution is -2.30. The molecule has 2 unspecified atom stereocenters. The first-order valence-corrected chi connectivity index (χ1v) is 6.77. The third kappa shape index (κ3) is 4.27.